The monoisotopic (exact) mass is 401 g/mol. The number of aryl methyl sites for hydroxylation is 1. The lowest BCUT2D eigenvalue weighted by molar-refractivity contribution is 0.653. The molecule has 1 saturated carbocycles. The zero-order chi connectivity index (χ0) is 14.2. The molecule has 0 aliphatic heterocycles. The lowest BCUT2D eigenvalue weighted by Crippen LogP contribution is -2.39. The smallest absolute Gasteiger partial charge is 0.191 e. The van der Waals surface area contributed by atoms with Gasteiger partial charge in [-0.05, 0) is 37.2 Å². The topological polar surface area (TPSA) is 36.4 Å². The number of nitrogens with one attached hydrogen (secondary N) is 2. The summed E-state index contributed by atoms with van der Waals surface area (Å²) in [4.78, 5) is 4.26. The molecule has 0 heterocycles. The van der Waals surface area contributed by atoms with Gasteiger partial charge in [0.15, 0.2) is 5.96 Å². The first-order valence-corrected chi connectivity index (χ1v) is 7.80. The largest absolute Gasteiger partial charge is 0.356 e. The first kappa shape index (κ1) is 18.3. The van der Waals surface area contributed by atoms with Crippen LogP contribution >= 0.6 is 24.0 Å². The molecular formula is C17H28IN3. The van der Waals surface area contributed by atoms with Crippen LogP contribution in [0.2, 0.25) is 0 Å². The number of benzene rings is 1. The van der Waals surface area contributed by atoms with Crippen molar-refractivity contribution in [3.05, 3.63) is 35.9 Å². The highest BCUT2D eigenvalue weighted by atomic mass is 127. The Hall–Kier alpha value is -0.780. The fourth-order valence-corrected chi connectivity index (χ4v) is 2.38. The number of guanidine groups is 1. The van der Waals surface area contributed by atoms with E-state index in [1.54, 1.807) is 0 Å². The van der Waals surface area contributed by atoms with Crippen molar-refractivity contribution in [2.75, 3.05) is 13.6 Å². The van der Waals surface area contributed by atoms with Crippen molar-refractivity contribution < 1.29 is 0 Å². The molecule has 1 fully saturated rings. The Kier molecular flexibility index (Phi) is 8.73. The zero-order valence-corrected chi connectivity index (χ0v) is 15.5. The Morgan fingerprint density at radius 3 is 2.52 bits per heavy atom. The molecule has 2 unspecified atom stereocenters. The molecule has 1 aliphatic carbocycles. The molecule has 0 spiro atoms. The summed E-state index contributed by atoms with van der Waals surface area (Å²) in [6, 6.07) is 11.4. The molecule has 2 N–H and O–H groups in total. The molecule has 1 aromatic carbocycles. The van der Waals surface area contributed by atoms with Gasteiger partial charge in [-0.1, -0.05) is 43.7 Å². The number of hydrogen-bond donors (Lipinski definition) is 2. The number of unbranched alkanes of at least 4 members (excludes halogenated alkanes) is 2. The van der Waals surface area contributed by atoms with Crippen LogP contribution in [0.1, 0.15) is 38.2 Å². The number of halogens is 1. The highest BCUT2D eigenvalue weighted by molar-refractivity contribution is 14.0. The van der Waals surface area contributed by atoms with Crippen molar-refractivity contribution in [3.63, 3.8) is 0 Å². The van der Waals surface area contributed by atoms with Gasteiger partial charge in [0.1, 0.15) is 0 Å². The third kappa shape index (κ3) is 7.16. The fraction of sp³-hybridized carbons (Fsp3) is 0.588. The summed E-state index contributed by atoms with van der Waals surface area (Å²) in [6.07, 6.45) is 6.19. The van der Waals surface area contributed by atoms with Crippen LogP contribution in [0.5, 0.6) is 0 Å². The van der Waals surface area contributed by atoms with Crippen LogP contribution in [0, 0.1) is 5.92 Å². The van der Waals surface area contributed by atoms with Crippen LogP contribution in [-0.4, -0.2) is 25.6 Å². The minimum atomic E-state index is 0. The van der Waals surface area contributed by atoms with Gasteiger partial charge in [0, 0.05) is 19.6 Å². The molecule has 2 atom stereocenters. The molecule has 0 amide bonds. The SMILES string of the molecule is CN=C(NCCCCCc1ccccc1)NC1CC1C.I. The first-order valence-electron chi connectivity index (χ1n) is 7.80. The molecule has 1 aromatic rings. The van der Waals surface area contributed by atoms with Crippen LogP contribution in [0.15, 0.2) is 35.3 Å². The third-order valence-electron chi connectivity index (χ3n) is 3.93. The Morgan fingerprint density at radius 1 is 1.19 bits per heavy atom. The molecule has 0 bridgehead atoms. The van der Waals surface area contributed by atoms with Gasteiger partial charge >= 0.3 is 0 Å². The molecule has 1 aliphatic rings. The predicted octanol–water partition coefficient (Wildman–Crippen LogP) is 3.59. The Balaban J connectivity index is 0.00000220. The average molecular weight is 401 g/mol. The standard InChI is InChI=1S/C17H27N3.HI/c1-14-13-16(14)20-17(18-2)19-12-8-4-7-11-15-9-5-3-6-10-15;/h3,5-6,9-10,14,16H,4,7-8,11-13H2,1-2H3,(H2,18,19,20);1H. The molecule has 3 nitrogen and oxygen atoms in total. The second-order valence-electron chi connectivity index (χ2n) is 5.76. The molecule has 2 rings (SSSR count). The van der Waals surface area contributed by atoms with Gasteiger partial charge < -0.3 is 10.6 Å². The molecule has 0 aromatic heterocycles. The van der Waals surface area contributed by atoms with Gasteiger partial charge in [0.05, 0.1) is 0 Å². The summed E-state index contributed by atoms with van der Waals surface area (Å²) < 4.78 is 0. The average Bonchev–Trinajstić information content (AvgIpc) is 3.17. The number of hydrogen-bond acceptors (Lipinski definition) is 1. The predicted molar refractivity (Wildman–Crippen MR) is 101 cm³/mol. The van der Waals surface area contributed by atoms with Gasteiger partial charge in [0.25, 0.3) is 0 Å². The van der Waals surface area contributed by atoms with Crippen LogP contribution in [0.3, 0.4) is 0 Å². The van der Waals surface area contributed by atoms with E-state index in [-0.39, 0.29) is 24.0 Å². The number of aliphatic imine (C=N–C) groups is 1. The quantitative estimate of drug-likeness (QED) is 0.317. The van der Waals surface area contributed by atoms with E-state index in [4.69, 9.17) is 0 Å². The molecule has 118 valence electrons. The van der Waals surface area contributed by atoms with Gasteiger partial charge in [-0.2, -0.15) is 0 Å². The summed E-state index contributed by atoms with van der Waals surface area (Å²) >= 11 is 0. The van der Waals surface area contributed by atoms with Crippen LogP contribution in [-0.2, 0) is 6.42 Å². The zero-order valence-electron chi connectivity index (χ0n) is 13.1. The minimum absolute atomic E-state index is 0. The summed E-state index contributed by atoms with van der Waals surface area (Å²) in [6.45, 7) is 3.28. The molecular weight excluding hydrogens is 373 g/mol. The van der Waals surface area contributed by atoms with E-state index in [2.05, 4.69) is 52.9 Å². The van der Waals surface area contributed by atoms with E-state index >= 15 is 0 Å². The normalized spacial score (nSPS) is 20.6. The van der Waals surface area contributed by atoms with Gasteiger partial charge in [-0.15, -0.1) is 24.0 Å². The van der Waals surface area contributed by atoms with Crippen molar-refractivity contribution >= 4 is 29.9 Å². The van der Waals surface area contributed by atoms with Crippen molar-refractivity contribution in [3.8, 4) is 0 Å². The van der Waals surface area contributed by atoms with Gasteiger partial charge in [-0.3, -0.25) is 4.99 Å². The lowest BCUT2D eigenvalue weighted by Gasteiger charge is -2.11. The van der Waals surface area contributed by atoms with E-state index in [9.17, 15) is 0 Å². The maximum absolute atomic E-state index is 4.26. The lowest BCUT2D eigenvalue weighted by atomic mass is 10.1. The Morgan fingerprint density at radius 2 is 1.90 bits per heavy atom. The third-order valence-corrected chi connectivity index (χ3v) is 3.93. The van der Waals surface area contributed by atoms with Crippen LogP contribution in [0.4, 0.5) is 0 Å². The van der Waals surface area contributed by atoms with Crippen LogP contribution < -0.4 is 10.6 Å². The fourth-order valence-electron chi connectivity index (χ4n) is 2.38. The maximum Gasteiger partial charge on any atom is 0.191 e. The van der Waals surface area contributed by atoms with Crippen molar-refractivity contribution in [2.45, 2.75) is 45.1 Å². The van der Waals surface area contributed by atoms with Crippen molar-refractivity contribution in [1.82, 2.24) is 10.6 Å². The van der Waals surface area contributed by atoms with E-state index in [0.717, 1.165) is 18.4 Å². The Bertz CT molecular complexity index is 419. The highest BCUT2D eigenvalue weighted by Crippen LogP contribution is 2.28. The van der Waals surface area contributed by atoms with Crippen LogP contribution in [0.25, 0.3) is 0 Å². The minimum Gasteiger partial charge on any atom is -0.356 e. The summed E-state index contributed by atoms with van der Waals surface area (Å²) in [7, 11) is 1.85. The van der Waals surface area contributed by atoms with E-state index < -0.39 is 0 Å². The second kappa shape index (κ2) is 10.0. The summed E-state index contributed by atoms with van der Waals surface area (Å²) in [5.74, 6) is 1.77. The number of rotatable bonds is 7. The van der Waals surface area contributed by atoms with Crippen molar-refractivity contribution in [1.29, 1.82) is 0 Å². The van der Waals surface area contributed by atoms with Gasteiger partial charge in [0.2, 0.25) is 0 Å². The maximum atomic E-state index is 4.26. The summed E-state index contributed by atoms with van der Waals surface area (Å²) in [5.41, 5.74) is 1.45. The molecule has 4 heteroatoms. The van der Waals surface area contributed by atoms with E-state index in [0.29, 0.717) is 6.04 Å². The second-order valence-corrected chi connectivity index (χ2v) is 5.76. The van der Waals surface area contributed by atoms with Crippen molar-refractivity contribution in [2.24, 2.45) is 10.9 Å². The van der Waals surface area contributed by atoms with E-state index in [1.165, 1.54) is 37.7 Å². The van der Waals surface area contributed by atoms with Gasteiger partial charge in [-0.25, -0.2) is 0 Å². The Labute approximate surface area is 146 Å². The highest BCUT2D eigenvalue weighted by Gasteiger charge is 2.32. The molecule has 21 heavy (non-hydrogen) atoms. The molecule has 0 radical (unpaired) electrons. The number of nitrogens with zero attached hydrogens (tertiary/aromatic N) is 1. The summed E-state index contributed by atoms with van der Waals surface area (Å²) in [5, 5.41) is 6.84. The van der Waals surface area contributed by atoms with E-state index in [1.807, 2.05) is 7.05 Å². The first-order chi connectivity index (χ1) is 9.79. The molecule has 0 saturated heterocycles.